The van der Waals surface area contributed by atoms with E-state index in [0.717, 1.165) is 30.4 Å². The topological polar surface area (TPSA) is 64.9 Å². The first-order valence-corrected chi connectivity index (χ1v) is 7.07. The summed E-state index contributed by atoms with van der Waals surface area (Å²) in [6.07, 6.45) is 3.02. The number of aromatic nitrogens is 2. The molecule has 4 nitrogen and oxygen atoms in total. The Hall–Kier alpha value is -0.660. The van der Waals surface area contributed by atoms with Crippen molar-refractivity contribution in [1.29, 1.82) is 0 Å². The third-order valence-corrected chi connectivity index (χ3v) is 4.78. The summed E-state index contributed by atoms with van der Waals surface area (Å²) < 4.78 is 6.55. The molecule has 102 valence electrons. The largest absolute Gasteiger partial charge is 0.334 e. The van der Waals surface area contributed by atoms with Gasteiger partial charge in [-0.1, -0.05) is 11.2 Å². The van der Waals surface area contributed by atoms with Gasteiger partial charge in [-0.15, -0.1) is 12.4 Å². The summed E-state index contributed by atoms with van der Waals surface area (Å²) in [5.74, 6) is 1.21. The molecule has 0 saturated heterocycles. The molecular weight excluding hydrogens is 377 g/mol. The fraction of sp³-hybridized carbons (Fsp3) is 0.385. The lowest BCUT2D eigenvalue weighted by Gasteiger charge is -2.34. The number of benzene rings is 1. The standard InChI is InChI=1S/C13H14IN3O.ClH/c1-8-9(4-2-5-10(8)14)11-16-12(17-18-11)13(15)6-3-7-13;/h2,4-5H,3,6-7,15H2,1H3;1H. The minimum absolute atomic E-state index is 0. The van der Waals surface area contributed by atoms with Crippen LogP contribution in [0.15, 0.2) is 22.7 Å². The maximum atomic E-state index is 6.20. The SMILES string of the molecule is Cc1c(I)cccc1-c1nc(C2(N)CCC2)no1.Cl. The summed E-state index contributed by atoms with van der Waals surface area (Å²) in [6.45, 7) is 2.06. The Labute approximate surface area is 131 Å². The second-order valence-electron chi connectivity index (χ2n) is 4.85. The van der Waals surface area contributed by atoms with Gasteiger partial charge in [0.2, 0.25) is 0 Å². The van der Waals surface area contributed by atoms with Gasteiger partial charge in [-0.25, -0.2) is 0 Å². The Bertz CT molecular complexity index is 595. The van der Waals surface area contributed by atoms with E-state index in [-0.39, 0.29) is 17.9 Å². The highest BCUT2D eigenvalue weighted by atomic mass is 127. The number of rotatable bonds is 2. The van der Waals surface area contributed by atoms with Crippen molar-refractivity contribution < 1.29 is 4.52 Å². The number of hydrogen-bond donors (Lipinski definition) is 1. The fourth-order valence-electron chi connectivity index (χ4n) is 2.16. The average Bonchev–Trinajstić information content (AvgIpc) is 2.79. The second-order valence-corrected chi connectivity index (χ2v) is 6.01. The summed E-state index contributed by atoms with van der Waals surface area (Å²) in [4.78, 5) is 4.47. The molecule has 0 spiro atoms. The van der Waals surface area contributed by atoms with Crippen LogP contribution in [0.5, 0.6) is 0 Å². The molecule has 1 aliphatic carbocycles. The molecule has 1 aromatic carbocycles. The van der Waals surface area contributed by atoms with Crippen LogP contribution in [0.1, 0.15) is 30.7 Å². The molecule has 1 aliphatic rings. The Morgan fingerprint density at radius 3 is 2.74 bits per heavy atom. The van der Waals surface area contributed by atoms with Gasteiger partial charge in [0.25, 0.3) is 5.89 Å². The molecule has 1 aromatic heterocycles. The van der Waals surface area contributed by atoms with Crippen LogP contribution in [0.2, 0.25) is 0 Å². The van der Waals surface area contributed by atoms with Gasteiger partial charge in [-0.05, 0) is 66.5 Å². The van der Waals surface area contributed by atoms with Crippen LogP contribution in [0, 0.1) is 10.5 Å². The molecule has 3 rings (SSSR count). The maximum absolute atomic E-state index is 6.20. The summed E-state index contributed by atoms with van der Waals surface area (Å²) in [5.41, 5.74) is 7.98. The summed E-state index contributed by atoms with van der Waals surface area (Å²) in [5, 5.41) is 4.04. The van der Waals surface area contributed by atoms with Crippen molar-refractivity contribution in [3.63, 3.8) is 0 Å². The first-order valence-electron chi connectivity index (χ1n) is 5.99. The monoisotopic (exact) mass is 391 g/mol. The van der Waals surface area contributed by atoms with Crippen molar-refractivity contribution in [2.24, 2.45) is 5.73 Å². The Morgan fingerprint density at radius 1 is 1.37 bits per heavy atom. The number of halogens is 2. The Morgan fingerprint density at radius 2 is 2.11 bits per heavy atom. The van der Waals surface area contributed by atoms with Crippen LogP contribution in [0.25, 0.3) is 11.5 Å². The molecule has 0 atom stereocenters. The van der Waals surface area contributed by atoms with Gasteiger partial charge >= 0.3 is 0 Å². The summed E-state index contributed by atoms with van der Waals surface area (Å²) in [7, 11) is 0. The van der Waals surface area contributed by atoms with E-state index >= 15 is 0 Å². The van der Waals surface area contributed by atoms with E-state index in [9.17, 15) is 0 Å². The number of hydrogen-bond acceptors (Lipinski definition) is 4. The Kier molecular flexibility index (Phi) is 4.17. The normalized spacial score (nSPS) is 16.6. The minimum Gasteiger partial charge on any atom is -0.334 e. The zero-order chi connectivity index (χ0) is 12.8. The van der Waals surface area contributed by atoms with E-state index in [2.05, 4.69) is 45.7 Å². The molecule has 0 unspecified atom stereocenters. The van der Waals surface area contributed by atoms with Gasteiger partial charge in [0.15, 0.2) is 5.82 Å². The van der Waals surface area contributed by atoms with Gasteiger partial charge in [-0.2, -0.15) is 4.98 Å². The summed E-state index contributed by atoms with van der Waals surface area (Å²) in [6, 6.07) is 6.06. The van der Waals surface area contributed by atoms with Gasteiger partial charge < -0.3 is 10.3 Å². The lowest BCUT2D eigenvalue weighted by atomic mass is 9.77. The highest BCUT2D eigenvalue weighted by Gasteiger charge is 2.39. The van der Waals surface area contributed by atoms with Crippen LogP contribution in [0.3, 0.4) is 0 Å². The van der Waals surface area contributed by atoms with Crippen molar-refractivity contribution in [2.75, 3.05) is 0 Å². The summed E-state index contributed by atoms with van der Waals surface area (Å²) >= 11 is 2.30. The quantitative estimate of drug-likeness (QED) is 0.797. The van der Waals surface area contributed by atoms with Crippen molar-refractivity contribution in [1.82, 2.24) is 10.1 Å². The zero-order valence-corrected chi connectivity index (χ0v) is 13.5. The minimum atomic E-state index is -0.364. The molecule has 0 aliphatic heterocycles. The molecule has 0 amide bonds. The van der Waals surface area contributed by atoms with Crippen LogP contribution in [-0.2, 0) is 5.54 Å². The number of nitrogens with zero attached hydrogens (tertiary/aromatic N) is 2. The molecule has 2 N–H and O–H groups in total. The van der Waals surface area contributed by atoms with Crippen molar-refractivity contribution in [2.45, 2.75) is 31.7 Å². The first kappa shape index (κ1) is 14.7. The molecule has 19 heavy (non-hydrogen) atoms. The van der Waals surface area contributed by atoms with Gasteiger partial charge in [0, 0.05) is 9.13 Å². The van der Waals surface area contributed by atoms with Crippen molar-refractivity contribution in [3.8, 4) is 11.5 Å². The van der Waals surface area contributed by atoms with Gasteiger partial charge in [0.1, 0.15) is 0 Å². The molecule has 0 radical (unpaired) electrons. The van der Waals surface area contributed by atoms with Crippen LogP contribution in [-0.4, -0.2) is 10.1 Å². The first-order chi connectivity index (χ1) is 8.60. The van der Waals surface area contributed by atoms with Crippen LogP contribution in [0.4, 0.5) is 0 Å². The molecule has 1 fully saturated rings. The molecule has 1 heterocycles. The molecule has 1 saturated carbocycles. The van der Waals surface area contributed by atoms with Crippen molar-refractivity contribution in [3.05, 3.63) is 33.2 Å². The van der Waals surface area contributed by atoms with E-state index in [1.165, 1.54) is 3.57 Å². The predicted molar refractivity (Wildman–Crippen MR) is 84.2 cm³/mol. The second kappa shape index (κ2) is 5.38. The predicted octanol–water partition coefficient (Wildman–Crippen LogP) is 3.41. The van der Waals surface area contributed by atoms with Crippen molar-refractivity contribution >= 4 is 35.0 Å². The highest BCUT2D eigenvalue weighted by molar-refractivity contribution is 14.1. The third kappa shape index (κ3) is 2.51. The Balaban J connectivity index is 0.00000133. The van der Waals surface area contributed by atoms with E-state index in [1.807, 2.05) is 12.1 Å². The van der Waals surface area contributed by atoms with Gasteiger partial charge in [-0.3, -0.25) is 0 Å². The third-order valence-electron chi connectivity index (χ3n) is 3.62. The van der Waals surface area contributed by atoms with E-state index < -0.39 is 0 Å². The molecule has 0 bridgehead atoms. The van der Waals surface area contributed by atoms with Crippen LogP contribution >= 0.6 is 35.0 Å². The maximum Gasteiger partial charge on any atom is 0.258 e. The highest BCUT2D eigenvalue weighted by Crippen LogP contribution is 2.38. The lowest BCUT2D eigenvalue weighted by Crippen LogP contribution is -2.44. The van der Waals surface area contributed by atoms with E-state index in [4.69, 9.17) is 10.3 Å². The van der Waals surface area contributed by atoms with E-state index in [1.54, 1.807) is 0 Å². The zero-order valence-electron chi connectivity index (χ0n) is 10.5. The number of nitrogens with two attached hydrogens (primary N) is 1. The van der Waals surface area contributed by atoms with Crippen LogP contribution < -0.4 is 5.73 Å². The molecule has 6 heteroatoms. The average molecular weight is 392 g/mol. The lowest BCUT2D eigenvalue weighted by molar-refractivity contribution is 0.229. The fourth-order valence-corrected chi connectivity index (χ4v) is 2.65. The molecular formula is C13H15ClIN3O. The van der Waals surface area contributed by atoms with Gasteiger partial charge in [0.05, 0.1) is 5.54 Å². The molecule has 2 aromatic rings. The smallest absolute Gasteiger partial charge is 0.258 e. The van der Waals surface area contributed by atoms with E-state index in [0.29, 0.717) is 11.7 Å².